The maximum absolute atomic E-state index is 11.6. The Morgan fingerprint density at radius 3 is 2.65 bits per heavy atom. The fourth-order valence-electron chi connectivity index (χ4n) is 2.45. The van der Waals surface area contributed by atoms with Crippen molar-refractivity contribution in [1.82, 2.24) is 4.57 Å². The lowest BCUT2D eigenvalue weighted by molar-refractivity contribution is 0.0695. The Labute approximate surface area is 99.9 Å². The van der Waals surface area contributed by atoms with Crippen molar-refractivity contribution in [1.29, 1.82) is 0 Å². The zero-order chi connectivity index (χ0) is 12.3. The van der Waals surface area contributed by atoms with Crippen LogP contribution in [0.4, 0.5) is 0 Å². The van der Waals surface area contributed by atoms with Gasteiger partial charge in [0.25, 0.3) is 5.56 Å². The van der Waals surface area contributed by atoms with Gasteiger partial charge in [0, 0.05) is 18.8 Å². The topological polar surface area (TPSA) is 59.3 Å². The van der Waals surface area contributed by atoms with Gasteiger partial charge < -0.3 is 9.67 Å². The molecule has 1 aliphatic rings. The SMILES string of the molecule is O=C(O)c1ccc(=O)n(CC2CCCCC2)c1. The molecular weight excluding hydrogens is 218 g/mol. The Morgan fingerprint density at radius 1 is 1.29 bits per heavy atom. The Kier molecular flexibility index (Phi) is 3.61. The third-order valence-electron chi connectivity index (χ3n) is 3.41. The maximum Gasteiger partial charge on any atom is 0.337 e. The molecule has 4 nitrogen and oxygen atoms in total. The van der Waals surface area contributed by atoms with E-state index in [1.165, 1.54) is 37.6 Å². The molecule has 17 heavy (non-hydrogen) atoms. The first-order valence-electron chi connectivity index (χ1n) is 6.10. The summed E-state index contributed by atoms with van der Waals surface area (Å²) in [5, 5.41) is 8.89. The number of rotatable bonds is 3. The summed E-state index contributed by atoms with van der Waals surface area (Å²) in [4.78, 5) is 22.5. The van der Waals surface area contributed by atoms with Crippen molar-refractivity contribution in [2.45, 2.75) is 38.6 Å². The van der Waals surface area contributed by atoms with Gasteiger partial charge in [0.15, 0.2) is 0 Å². The molecule has 0 amide bonds. The van der Waals surface area contributed by atoms with Gasteiger partial charge in [0.05, 0.1) is 5.56 Å². The summed E-state index contributed by atoms with van der Waals surface area (Å²) in [6, 6.07) is 2.70. The maximum atomic E-state index is 11.6. The summed E-state index contributed by atoms with van der Waals surface area (Å²) < 4.78 is 1.54. The number of aromatic carboxylic acids is 1. The van der Waals surface area contributed by atoms with Crippen LogP contribution in [0.3, 0.4) is 0 Å². The number of carboxylic acid groups (broad SMARTS) is 1. The largest absolute Gasteiger partial charge is 0.478 e. The monoisotopic (exact) mass is 235 g/mol. The van der Waals surface area contributed by atoms with E-state index in [4.69, 9.17) is 5.11 Å². The number of carbonyl (C=O) groups is 1. The predicted molar refractivity (Wildman–Crippen MR) is 64.2 cm³/mol. The fraction of sp³-hybridized carbons (Fsp3) is 0.538. The smallest absolute Gasteiger partial charge is 0.337 e. The molecule has 1 aromatic heterocycles. The summed E-state index contributed by atoms with van der Waals surface area (Å²) in [7, 11) is 0. The molecule has 1 saturated carbocycles. The van der Waals surface area contributed by atoms with Crippen LogP contribution in [0.25, 0.3) is 0 Å². The predicted octanol–water partition coefficient (Wildman–Crippen LogP) is 2.13. The number of hydrogen-bond acceptors (Lipinski definition) is 2. The number of pyridine rings is 1. The third-order valence-corrected chi connectivity index (χ3v) is 3.41. The Balaban J connectivity index is 2.16. The fourth-order valence-corrected chi connectivity index (χ4v) is 2.45. The van der Waals surface area contributed by atoms with Crippen LogP contribution in [-0.2, 0) is 6.54 Å². The number of aromatic nitrogens is 1. The molecule has 1 N–H and O–H groups in total. The summed E-state index contributed by atoms with van der Waals surface area (Å²) in [5.74, 6) is -0.465. The first kappa shape index (κ1) is 11.9. The molecule has 0 bridgehead atoms. The minimum atomic E-state index is -0.984. The van der Waals surface area contributed by atoms with Crippen molar-refractivity contribution >= 4 is 5.97 Å². The van der Waals surface area contributed by atoms with Crippen molar-refractivity contribution in [3.63, 3.8) is 0 Å². The second kappa shape index (κ2) is 5.17. The molecule has 0 unspecified atom stereocenters. The van der Waals surface area contributed by atoms with E-state index in [-0.39, 0.29) is 11.1 Å². The Bertz CT molecular complexity index is 458. The number of hydrogen-bond donors (Lipinski definition) is 1. The normalized spacial score (nSPS) is 16.9. The van der Waals surface area contributed by atoms with Gasteiger partial charge >= 0.3 is 5.97 Å². The third kappa shape index (κ3) is 2.96. The molecule has 0 radical (unpaired) electrons. The van der Waals surface area contributed by atoms with Gasteiger partial charge in [-0.25, -0.2) is 4.79 Å². The van der Waals surface area contributed by atoms with E-state index < -0.39 is 5.97 Å². The number of nitrogens with zero attached hydrogens (tertiary/aromatic N) is 1. The molecule has 0 atom stereocenters. The van der Waals surface area contributed by atoms with Crippen LogP contribution < -0.4 is 5.56 Å². The summed E-state index contributed by atoms with van der Waals surface area (Å²) in [6.45, 7) is 0.653. The minimum Gasteiger partial charge on any atom is -0.478 e. The van der Waals surface area contributed by atoms with Crippen molar-refractivity contribution in [3.05, 3.63) is 34.2 Å². The molecule has 1 aliphatic carbocycles. The van der Waals surface area contributed by atoms with Crippen LogP contribution >= 0.6 is 0 Å². The van der Waals surface area contributed by atoms with Crippen LogP contribution in [0.1, 0.15) is 42.5 Å². The molecule has 0 saturated heterocycles. The molecule has 4 heteroatoms. The standard InChI is InChI=1S/C13H17NO3/c15-12-7-6-11(13(16)17)9-14(12)8-10-4-2-1-3-5-10/h6-7,9-10H,1-5,8H2,(H,16,17). The molecule has 1 aromatic rings. The quantitative estimate of drug-likeness (QED) is 0.873. The van der Waals surface area contributed by atoms with E-state index in [1.54, 1.807) is 4.57 Å². The highest BCUT2D eigenvalue weighted by atomic mass is 16.4. The van der Waals surface area contributed by atoms with Crippen LogP contribution in [0, 0.1) is 5.92 Å². The average molecular weight is 235 g/mol. The van der Waals surface area contributed by atoms with Crippen LogP contribution in [0.15, 0.2) is 23.1 Å². The van der Waals surface area contributed by atoms with Crippen LogP contribution in [0.2, 0.25) is 0 Å². The van der Waals surface area contributed by atoms with E-state index in [1.807, 2.05) is 0 Å². The van der Waals surface area contributed by atoms with Gasteiger partial charge in [-0.05, 0) is 24.8 Å². The van der Waals surface area contributed by atoms with Gasteiger partial charge in [-0.1, -0.05) is 19.3 Å². The summed E-state index contributed by atoms with van der Waals surface area (Å²) in [6.07, 6.45) is 7.46. The van der Waals surface area contributed by atoms with Gasteiger partial charge in [0.2, 0.25) is 0 Å². The molecule has 0 aliphatic heterocycles. The van der Waals surface area contributed by atoms with E-state index in [0.29, 0.717) is 12.5 Å². The van der Waals surface area contributed by atoms with Crippen molar-refractivity contribution < 1.29 is 9.90 Å². The molecule has 1 fully saturated rings. The lowest BCUT2D eigenvalue weighted by Crippen LogP contribution is -2.25. The lowest BCUT2D eigenvalue weighted by Gasteiger charge is -2.22. The molecule has 92 valence electrons. The lowest BCUT2D eigenvalue weighted by atomic mass is 9.89. The average Bonchev–Trinajstić information content (AvgIpc) is 2.33. The number of carboxylic acids is 1. The molecular formula is C13H17NO3. The van der Waals surface area contributed by atoms with Gasteiger partial charge in [-0.15, -0.1) is 0 Å². The first-order chi connectivity index (χ1) is 8.16. The zero-order valence-electron chi connectivity index (χ0n) is 9.76. The van der Waals surface area contributed by atoms with Crippen molar-refractivity contribution in [3.8, 4) is 0 Å². The summed E-state index contributed by atoms with van der Waals surface area (Å²) in [5.41, 5.74) is 0.0704. The molecule has 0 aromatic carbocycles. The van der Waals surface area contributed by atoms with Crippen LogP contribution in [-0.4, -0.2) is 15.6 Å². The van der Waals surface area contributed by atoms with Gasteiger partial charge in [0.1, 0.15) is 0 Å². The van der Waals surface area contributed by atoms with Crippen molar-refractivity contribution in [2.75, 3.05) is 0 Å². The minimum absolute atomic E-state index is 0.111. The highest BCUT2D eigenvalue weighted by Crippen LogP contribution is 2.24. The highest BCUT2D eigenvalue weighted by Gasteiger charge is 2.15. The second-order valence-corrected chi connectivity index (χ2v) is 4.72. The van der Waals surface area contributed by atoms with E-state index in [0.717, 1.165) is 12.8 Å². The van der Waals surface area contributed by atoms with E-state index in [9.17, 15) is 9.59 Å². The second-order valence-electron chi connectivity index (χ2n) is 4.72. The summed E-state index contributed by atoms with van der Waals surface area (Å²) >= 11 is 0. The zero-order valence-corrected chi connectivity index (χ0v) is 9.76. The van der Waals surface area contributed by atoms with E-state index >= 15 is 0 Å². The van der Waals surface area contributed by atoms with Crippen molar-refractivity contribution in [2.24, 2.45) is 5.92 Å². The van der Waals surface area contributed by atoms with Crippen LogP contribution in [0.5, 0.6) is 0 Å². The molecule has 1 heterocycles. The molecule has 2 rings (SSSR count). The first-order valence-corrected chi connectivity index (χ1v) is 6.10. The van der Waals surface area contributed by atoms with Gasteiger partial charge in [-0.3, -0.25) is 4.79 Å². The molecule has 0 spiro atoms. The Hall–Kier alpha value is -1.58. The van der Waals surface area contributed by atoms with E-state index in [2.05, 4.69) is 0 Å². The van der Waals surface area contributed by atoms with Gasteiger partial charge in [-0.2, -0.15) is 0 Å². The Morgan fingerprint density at radius 2 is 2.00 bits per heavy atom. The highest BCUT2D eigenvalue weighted by molar-refractivity contribution is 5.87.